The summed E-state index contributed by atoms with van der Waals surface area (Å²) in [6.45, 7) is 11.5. The van der Waals surface area contributed by atoms with Crippen LogP contribution in [-0.2, 0) is 4.79 Å². The molecule has 5 atom stereocenters. The van der Waals surface area contributed by atoms with E-state index < -0.39 is 6.10 Å². The molecule has 2 aliphatic carbocycles. The van der Waals surface area contributed by atoms with Gasteiger partial charge in [0.1, 0.15) is 0 Å². The Morgan fingerprint density at radius 1 is 1.03 bits per heavy atom. The van der Waals surface area contributed by atoms with Gasteiger partial charge >= 0.3 is 0 Å². The molecule has 4 heteroatoms. The number of carbonyl (C=O) groups is 1. The minimum Gasteiger partial charge on any atom is -0.391 e. The van der Waals surface area contributed by atoms with Gasteiger partial charge < -0.3 is 15.7 Å². The lowest BCUT2D eigenvalue weighted by molar-refractivity contribution is -0.127. The molecule has 0 aromatic rings. The molecule has 0 spiro atoms. The number of carbonyl (C=O) groups excluding carboxylic acids is 1. The van der Waals surface area contributed by atoms with Crippen molar-refractivity contribution in [1.29, 1.82) is 0 Å². The first kappa shape index (κ1) is 24.7. The van der Waals surface area contributed by atoms with Crippen LogP contribution in [0.3, 0.4) is 0 Å². The SMILES string of the molecule is CC(C)CNC(=O)C(CC(O)C(CC1CCCCC1)NC1CCC(C)C1)C(C)C. The Kier molecular flexibility index (Phi) is 10.5. The second kappa shape index (κ2) is 12.3. The summed E-state index contributed by atoms with van der Waals surface area (Å²) in [6, 6.07) is 0.646. The number of aliphatic hydroxyl groups is 1. The second-order valence-corrected chi connectivity index (χ2v) is 10.9. The lowest BCUT2D eigenvalue weighted by Crippen LogP contribution is -2.48. The van der Waals surface area contributed by atoms with E-state index in [1.165, 1.54) is 51.4 Å². The fourth-order valence-electron chi connectivity index (χ4n) is 5.32. The van der Waals surface area contributed by atoms with E-state index in [9.17, 15) is 9.90 Å². The van der Waals surface area contributed by atoms with E-state index in [1.807, 2.05) is 0 Å². The highest BCUT2D eigenvalue weighted by molar-refractivity contribution is 5.78. The van der Waals surface area contributed by atoms with Gasteiger partial charge in [0.25, 0.3) is 0 Å². The molecule has 0 saturated heterocycles. The molecule has 0 radical (unpaired) electrons. The highest BCUT2D eigenvalue weighted by atomic mass is 16.3. The van der Waals surface area contributed by atoms with E-state index >= 15 is 0 Å². The third-order valence-corrected chi connectivity index (χ3v) is 7.24. The average molecular weight is 409 g/mol. The number of hydrogen-bond acceptors (Lipinski definition) is 3. The monoisotopic (exact) mass is 408 g/mol. The van der Waals surface area contributed by atoms with E-state index in [1.54, 1.807) is 0 Å². The van der Waals surface area contributed by atoms with Crippen molar-refractivity contribution in [3.8, 4) is 0 Å². The van der Waals surface area contributed by atoms with Gasteiger partial charge in [-0.1, -0.05) is 66.7 Å². The van der Waals surface area contributed by atoms with Gasteiger partial charge in [0.05, 0.1) is 6.10 Å². The quantitative estimate of drug-likeness (QED) is 0.456. The maximum Gasteiger partial charge on any atom is 0.223 e. The van der Waals surface area contributed by atoms with Gasteiger partial charge in [-0.3, -0.25) is 4.79 Å². The van der Waals surface area contributed by atoms with Crippen LogP contribution >= 0.6 is 0 Å². The molecule has 2 rings (SSSR count). The van der Waals surface area contributed by atoms with Gasteiger partial charge in [-0.15, -0.1) is 0 Å². The zero-order valence-corrected chi connectivity index (χ0v) is 19.8. The van der Waals surface area contributed by atoms with Crippen LogP contribution in [0.2, 0.25) is 0 Å². The minimum absolute atomic E-state index is 0.110. The normalized spacial score (nSPS) is 26.6. The van der Waals surface area contributed by atoms with Crippen LogP contribution in [0.1, 0.15) is 98.8 Å². The summed E-state index contributed by atoms with van der Waals surface area (Å²) in [4.78, 5) is 12.8. The van der Waals surface area contributed by atoms with E-state index in [4.69, 9.17) is 0 Å². The van der Waals surface area contributed by atoms with Crippen LogP contribution in [0, 0.1) is 29.6 Å². The molecule has 0 aromatic carbocycles. The number of rotatable bonds is 11. The van der Waals surface area contributed by atoms with Gasteiger partial charge in [-0.05, 0) is 55.8 Å². The Hall–Kier alpha value is -0.610. The van der Waals surface area contributed by atoms with Crippen molar-refractivity contribution in [2.75, 3.05) is 6.54 Å². The molecular formula is C25H48N2O2. The van der Waals surface area contributed by atoms with Crippen LogP contribution in [0.4, 0.5) is 0 Å². The lowest BCUT2D eigenvalue weighted by Gasteiger charge is -2.34. The summed E-state index contributed by atoms with van der Waals surface area (Å²) in [5.74, 6) is 2.17. The molecule has 0 bridgehead atoms. The molecule has 4 nitrogen and oxygen atoms in total. The number of nitrogens with one attached hydrogen (secondary N) is 2. The molecule has 2 saturated carbocycles. The second-order valence-electron chi connectivity index (χ2n) is 10.9. The first-order valence-electron chi connectivity index (χ1n) is 12.5. The molecule has 0 aromatic heterocycles. The molecule has 2 aliphatic rings. The molecule has 3 N–H and O–H groups in total. The number of aliphatic hydroxyl groups excluding tert-OH is 1. The van der Waals surface area contributed by atoms with Crippen molar-refractivity contribution >= 4 is 5.91 Å². The van der Waals surface area contributed by atoms with Crippen molar-refractivity contribution in [3.63, 3.8) is 0 Å². The standard InChI is InChI=1S/C25H48N2O2/c1-17(2)16-26-25(29)22(18(3)4)15-24(28)23(14-20-9-7-6-8-10-20)27-21-12-11-19(5)13-21/h17-24,27-28H,6-16H2,1-5H3,(H,26,29). The van der Waals surface area contributed by atoms with E-state index in [-0.39, 0.29) is 23.8 Å². The third kappa shape index (κ3) is 8.57. The molecule has 29 heavy (non-hydrogen) atoms. The number of hydrogen-bond donors (Lipinski definition) is 3. The maximum atomic E-state index is 12.8. The smallest absolute Gasteiger partial charge is 0.223 e. The van der Waals surface area contributed by atoms with Crippen molar-refractivity contribution in [3.05, 3.63) is 0 Å². The Bertz CT molecular complexity index is 467. The molecular weight excluding hydrogens is 360 g/mol. The first-order chi connectivity index (χ1) is 13.8. The van der Waals surface area contributed by atoms with E-state index in [2.05, 4.69) is 45.3 Å². The maximum absolute atomic E-state index is 12.8. The number of amides is 1. The summed E-state index contributed by atoms with van der Waals surface area (Å²) in [5.41, 5.74) is 0. The molecule has 0 aliphatic heterocycles. The summed E-state index contributed by atoms with van der Waals surface area (Å²) in [7, 11) is 0. The van der Waals surface area contributed by atoms with Crippen LogP contribution in [0.5, 0.6) is 0 Å². The Morgan fingerprint density at radius 3 is 2.28 bits per heavy atom. The fraction of sp³-hybridized carbons (Fsp3) is 0.960. The van der Waals surface area contributed by atoms with Crippen LogP contribution < -0.4 is 10.6 Å². The topological polar surface area (TPSA) is 61.4 Å². The van der Waals surface area contributed by atoms with Gasteiger partial charge in [0.2, 0.25) is 5.91 Å². The summed E-state index contributed by atoms with van der Waals surface area (Å²) >= 11 is 0. The zero-order chi connectivity index (χ0) is 21.4. The van der Waals surface area contributed by atoms with Crippen molar-refractivity contribution < 1.29 is 9.90 Å². The lowest BCUT2D eigenvalue weighted by atomic mass is 9.81. The molecule has 2 fully saturated rings. The van der Waals surface area contributed by atoms with Crippen LogP contribution in [-0.4, -0.2) is 35.7 Å². The van der Waals surface area contributed by atoms with Gasteiger partial charge in [0.15, 0.2) is 0 Å². The third-order valence-electron chi connectivity index (χ3n) is 7.24. The zero-order valence-electron chi connectivity index (χ0n) is 19.8. The predicted octanol–water partition coefficient (Wildman–Crippen LogP) is 4.90. The van der Waals surface area contributed by atoms with Crippen molar-refractivity contribution in [1.82, 2.24) is 10.6 Å². The average Bonchev–Trinajstić information content (AvgIpc) is 3.08. The highest BCUT2D eigenvalue weighted by Gasteiger charge is 2.33. The summed E-state index contributed by atoms with van der Waals surface area (Å²) in [5, 5.41) is 18.2. The van der Waals surface area contributed by atoms with E-state index in [0.717, 1.165) is 18.3 Å². The summed E-state index contributed by atoms with van der Waals surface area (Å²) in [6.07, 6.45) is 11.5. The predicted molar refractivity (Wildman–Crippen MR) is 122 cm³/mol. The van der Waals surface area contributed by atoms with Gasteiger partial charge in [-0.2, -0.15) is 0 Å². The molecule has 170 valence electrons. The molecule has 0 heterocycles. The Morgan fingerprint density at radius 2 is 1.72 bits per heavy atom. The largest absolute Gasteiger partial charge is 0.391 e. The van der Waals surface area contributed by atoms with Crippen LogP contribution in [0.15, 0.2) is 0 Å². The summed E-state index contributed by atoms with van der Waals surface area (Å²) < 4.78 is 0. The van der Waals surface area contributed by atoms with Crippen molar-refractivity contribution in [2.24, 2.45) is 29.6 Å². The minimum atomic E-state index is -0.454. The van der Waals surface area contributed by atoms with Crippen molar-refractivity contribution in [2.45, 2.75) is 117 Å². The van der Waals surface area contributed by atoms with E-state index in [0.29, 0.717) is 24.9 Å². The Balaban J connectivity index is 2.00. The molecule has 1 amide bonds. The fourth-order valence-corrected chi connectivity index (χ4v) is 5.32. The van der Waals surface area contributed by atoms with Crippen LogP contribution in [0.25, 0.3) is 0 Å². The Labute approximate surface area is 180 Å². The van der Waals surface area contributed by atoms with Gasteiger partial charge in [-0.25, -0.2) is 0 Å². The molecule has 5 unspecified atom stereocenters. The highest BCUT2D eigenvalue weighted by Crippen LogP contribution is 2.31. The van der Waals surface area contributed by atoms with Gasteiger partial charge in [0, 0.05) is 24.5 Å². The first-order valence-corrected chi connectivity index (χ1v) is 12.5.